The van der Waals surface area contributed by atoms with Crippen LogP contribution >= 0.6 is 11.6 Å². The maximum Gasteiger partial charge on any atom is 0.246 e. The van der Waals surface area contributed by atoms with Crippen molar-refractivity contribution in [2.24, 2.45) is 4.99 Å². The van der Waals surface area contributed by atoms with E-state index in [1.165, 1.54) is 17.0 Å². The second-order valence-electron chi connectivity index (χ2n) is 13.4. The number of aliphatic hydroxyl groups is 1. The SMILES string of the molecule is COc1ccc2c(c1)C(c1ccc(Cl)cc1)=NC(CC(=O)NCc1cccc(C3CCN(C(=O)C=Cc4ccc(O)c(CO)c4)CC3)c1)C(=N)N2C(C)=N. The Morgan fingerprint density at radius 3 is 2.50 bits per heavy atom. The van der Waals surface area contributed by atoms with Crippen LogP contribution in [-0.2, 0) is 22.7 Å². The topological polar surface area (TPSA) is 162 Å². The second kappa shape index (κ2) is 16.9. The third kappa shape index (κ3) is 8.70. The minimum atomic E-state index is -0.873. The Balaban J connectivity index is 1.10. The minimum absolute atomic E-state index is 0.0181. The fourth-order valence-corrected chi connectivity index (χ4v) is 7.01. The number of nitrogens with zero attached hydrogens (tertiary/aromatic N) is 3. The number of likely N-dealkylation sites (tertiary alicyclic amines) is 1. The maximum absolute atomic E-state index is 13.5. The summed E-state index contributed by atoms with van der Waals surface area (Å²) in [7, 11) is 1.57. The molecule has 11 nitrogen and oxygen atoms in total. The van der Waals surface area contributed by atoms with Gasteiger partial charge in [0.15, 0.2) is 0 Å². The zero-order valence-corrected chi connectivity index (χ0v) is 30.9. The van der Waals surface area contributed by atoms with Gasteiger partial charge < -0.3 is 25.2 Å². The van der Waals surface area contributed by atoms with Crippen LogP contribution in [0.3, 0.4) is 0 Å². The lowest BCUT2D eigenvalue weighted by molar-refractivity contribution is -0.127. The molecule has 1 unspecified atom stereocenters. The molecular weight excluding hydrogens is 704 g/mol. The second-order valence-corrected chi connectivity index (χ2v) is 13.8. The molecule has 1 saturated heterocycles. The summed E-state index contributed by atoms with van der Waals surface area (Å²) in [5.74, 6) is 0.660. The molecule has 2 aliphatic heterocycles. The van der Waals surface area contributed by atoms with Crippen molar-refractivity contribution in [3.05, 3.63) is 129 Å². The predicted octanol–water partition coefficient (Wildman–Crippen LogP) is 6.67. The standard InChI is InChI=1S/C42H43ClN6O5/c1-26(44)49-37-13-12-34(54-2)22-35(37)41(30-8-10-33(43)11-9-30)47-36(42(49)45)23-39(52)46-24-28-4-3-5-31(21-28)29-16-18-48(19-17-29)40(53)15-7-27-6-14-38(51)32(20-27)25-50/h3-15,20-22,29,36,44-45,50-51H,16-19,23-25H2,1-2H3,(H,46,52). The molecular formula is C42H43ClN6O5. The Kier molecular flexibility index (Phi) is 11.9. The summed E-state index contributed by atoms with van der Waals surface area (Å²) >= 11 is 6.20. The van der Waals surface area contributed by atoms with E-state index in [-0.39, 0.29) is 48.2 Å². The van der Waals surface area contributed by atoms with Crippen LogP contribution in [0.4, 0.5) is 5.69 Å². The number of ether oxygens (including phenoxy) is 1. The van der Waals surface area contributed by atoms with E-state index in [1.807, 2.05) is 35.2 Å². The van der Waals surface area contributed by atoms with E-state index in [0.717, 1.165) is 35.1 Å². The number of phenols is 1. The summed E-state index contributed by atoms with van der Waals surface area (Å²) in [6.07, 6.45) is 4.73. The van der Waals surface area contributed by atoms with E-state index in [9.17, 15) is 19.8 Å². The quantitative estimate of drug-likeness (QED) is 0.0692. The lowest BCUT2D eigenvalue weighted by Gasteiger charge is -2.31. The fraction of sp³-hybridized carbons (Fsp3) is 0.262. The number of amidine groups is 2. The van der Waals surface area contributed by atoms with E-state index < -0.39 is 6.04 Å². The van der Waals surface area contributed by atoms with Gasteiger partial charge in [0.2, 0.25) is 11.8 Å². The van der Waals surface area contributed by atoms with Crippen LogP contribution in [0.5, 0.6) is 11.5 Å². The van der Waals surface area contributed by atoms with Gasteiger partial charge in [-0.2, -0.15) is 0 Å². The number of benzene rings is 4. The molecule has 0 aliphatic carbocycles. The number of amides is 2. The third-order valence-electron chi connectivity index (χ3n) is 9.78. The number of aromatic hydroxyl groups is 1. The van der Waals surface area contributed by atoms with E-state index in [1.54, 1.807) is 56.5 Å². The smallest absolute Gasteiger partial charge is 0.246 e. The molecule has 4 aromatic carbocycles. The summed E-state index contributed by atoms with van der Waals surface area (Å²) in [6, 6.07) is 24.7. The van der Waals surface area contributed by atoms with Crippen LogP contribution in [0.2, 0.25) is 5.02 Å². The number of rotatable bonds is 10. The zero-order valence-electron chi connectivity index (χ0n) is 30.2. The van der Waals surface area contributed by atoms with E-state index >= 15 is 0 Å². The zero-order chi connectivity index (χ0) is 38.4. The highest BCUT2D eigenvalue weighted by Crippen LogP contribution is 2.33. The first-order valence-corrected chi connectivity index (χ1v) is 18.1. The van der Waals surface area contributed by atoms with Gasteiger partial charge in [-0.25, -0.2) is 0 Å². The van der Waals surface area contributed by atoms with Crippen molar-refractivity contribution in [2.75, 3.05) is 25.1 Å². The molecule has 1 fully saturated rings. The van der Waals surface area contributed by atoms with Crippen molar-refractivity contribution in [3.63, 3.8) is 0 Å². The van der Waals surface area contributed by atoms with Crippen LogP contribution in [0, 0.1) is 10.8 Å². The first-order chi connectivity index (χ1) is 26.0. The number of carbonyl (C=O) groups is 2. The maximum atomic E-state index is 13.5. The molecule has 4 aromatic rings. The average molecular weight is 747 g/mol. The first-order valence-electron chi connectivity index (χ1n) is 17.8. The van der Waals surface area contributed by atoms with Gasteiger partial charge in [0.1, 0.15) is 29.2 Å². The third-order valence-corrected chi connectivity index (χ3v) is 10.0. The molecule has 0 saturated carbocycles. The Morgan fingerprint density at radius 2 is 1.80 bits per heavy atom. The number of benzodiazepines with no additional fused rings is 1. The van der Waals surface area contributed by atoms with Gasteiger partial charge in [-0.15, -0.1) is 0 Å². The lowest BCUT2D eigenvalue weighted by Crippen LogP contribution is -2.42. The number of nitrogens with one attached hydrogen (secondary N) is 3. The minimum Gasteiger partial charge on any atom is -0.508 e. The number of aliphatic hydroxyl groups excluding tert-OH is 1. The van der Waals surface area contributed by atoms with Crippen molar-refractivity contribution in [1.82, 2.24) is 10.2 Å². The fourth-order valence-electron chi connectivity index (χ4n) is 6.88. The number of anilines is 1. The van der Waals surface area contributed by atoms with Crippen molar-refractivity contribution >= 4 is 52.6 Å². The monoisotopic (exact) mass is 746 g/mol. The van der Waals surface area contributed by atoms with Crippen molar-refractivity contribution in [3.8, 4) is 11.5 Å². The molecule has 6 rings (SSSR count). The number of halogens is 1. The van der Waals surface area contributed by atoms with Crippen LogP contribution in [-0.4, -0.2) is 70.6 Å². The number of aliphatic imine (C=N–C) groups is 1. The summed E-state index contributed by atoms with van der Waals surface area (Å²) in [6.45, 7) is 2.84. The highest BCUT2D eigenvalue weighted by atomic mass is 35.5. The Morgan fingerprint density at radius 1 is 1.04 bits per heavy atom. The van der Waals surface area contributed by atoms with E-state index in [4.69, 9.17) is 32.1 Å². The van der Waals surface area contributed by atoms with Gasteiger partial charge >= 0.3 is 0 Å². The number of carbonyl (C=O) groups excluding carboxylic acids is 2. The van der Waals surface area contributed by atoms with E-state index in [2.05, 4.69) is 17.4 Å². The predicted molar refractivity (Wildman–Crippen MR) is 212 cm³/mol. The molecule has 0 bridgehead atoms. The highest BCUT2D eigenvalue weighted by Gasteiger charge is 2.32. The largest absolute Gasteiger partial charge is 0.508 e. The number of methoxy groups -OCH3 is 1. The molecule has 0 radical (unpaired) electrons. The summed E-state index contributed by atoms with van der Waals surface area (Å²) in [4.78, 5) is 34.7. The van der Waals surface area contributed by atoms with Gasteiger partial charge in [-0.05, 0) is 90.9 Å². The molecule has 2 amide bonds. The van der Waals surface area contributed by atoms with Crippen molar-refractivity contribution in [2.45, 2.75) is 51.3 Å². The Hall–Kier alpha value is -5.78. The Labute approximate surface area is 319 Å². The molecule has 2 heterocycles. The molecule has 2 aliphatic rings. The van der Waals surface area contributed by atoms with Crippen LogP contribution in [0.15, 0.2) is 96.0 Å². The molecule has 0 spiro atoms. The molecule has 0 aromatic heterocycles. The number of piperidine rings is 1. The van der Waals surface area contributed by atoms with Gasteiger partial charge in [0, 0.05) is 47.4 Å². The van der Waals surface area contributed by atoms with Gasteiger partial charge in [-0.1, -0.05) is 54.1 Å². The summed E-state index contributed by atoms with van der Waals surface area (Å²) < 4.78 is 5.51. The molecule has 12 heteroatoms. The highest BCUT2D eigenvalue weighted by molar-refractivity contribution is 6.31. The normalized spacial score (nSPS) is 16.1. The van der Waals surface area contributed by atoms with Crippen molar-refractivity contribution in [1.29, 1.82) is 10.8 Å². The molecule has 5 N–H and O–H groups in total. The van der Waals surface area contributed by atoms with Gasteiger partial charge in [0.05, 0.1) is 31.5 Å². The van der Waals surface area contributed by atoms with Gasteiger partial charge in [-0.3, -0.25) is 30.3 Å². The number of hydrogen-bond donors (Lipinski definition) is 5. The van der Waals surface area contributed by atoms with Crippen molar-refractivity contribution < 1.29 is 24.5 Å². The van der Waals surface area contributed by atoms with Crippen LogP contribution in [0.25, 0.3) is 6.08 Å². The Bertz CT molecular complexity index is 2120. The first kappa shape index (κ1) is 38.0. The summed E-state index contributed by atoms with van der Waals surface area (Å²) in [5.41, 5.74) is 5.81. The van der Waals surface area contributed by atoms with Gasteiger partial charge in [0.25, 0.3) is 0 Å². The molecule has 278 valence electrons. The summed E-state index contributed by atoms with van der Waals surface area (Å²) in [5, 5.41) is 40.5. The average Bonchev–Trinajstić information content (AvgIpc) is 3.30. The number of fused-ring (bicyclic) bond motifs is 1. The molecule has 1 atom stereocenters. The lowest BCUT2D eigenvalue weighted by atomic mass is 9.88. The van der Waals surface area contributed by atoms with Crippen LogP contribution < -0.4 is 15.0 Å². The van der Waals surface area contributed by atoms with Crippen LogP contribution in [0.1, 0.15) is 65.5 Å². The number of hydrogen-bond acceptors (Lipinski definition) is 8. The molecule has 54 heavy (non-hydrogen) atoms. The van der Waals surface area contributed by atoms with E-state index in [0.29, 0.717) is 52.9 Å².